The molecule has 2 amide bonds. The van der Waals surface area contributed by atoms with Crippen molar-refractivity contribution in [3.8, 4) is 0 Å². The Balaban J connectivity index is 2.20. The van der Waals surface area contributed by atoms with Gasteiger partial charge in [0, 0.05) is 32.4 Å². The van der Waals surface area contributed by atoms with Crippen LogP contribution in [-0.2, 0) is 20.7 Å². The van der Waals surface area contributed by atoms with Gasteiger partial charge in [-0.05, 0) is 30.0 Å². The third-order valence-corrected chi connectivity index (χ3v) is 2.88. The number of carbonyl (C=O) groups is 2. The molecule has 0 spiro atoms. The molecule has 0 aliphatic rings. The van der Waals surface area contributed by atoms with Crippen LogP contribution < -0.4 is 10.6 Å². The quantitative estimate of drug-likeness (QED) is 0.688. The molecule has 0 saturated carbocycles. The lowest BCUT2D eigenvalue weighted by atomic mass is 10.1. The van der Waals surface area contributed by atoms with Gasteiger partial charge in [0.25, 0.3) is 0 Å². The van der Waals surface area contributed by atoms with Crippen LogP contribution in [0.5, 0.6) is 0 Å². The Labute approximate surface area is 132 Å². The van der Waals surface area contributed by atoms with E-state index in [-0.39, 0.29) is 11.8 Å². The molecular weight excluding hydrogens is 280 g/mol. The zero-order valence-electron chi connectivity index (χ0n) is 13.6. The zero-order valence-corrected chi connectivity index (χ0v) is 13.6. The molecule has 122 valence electrons. The number of benzene rings is 1. The first-order valence-corrected chi connectivity index (χ1v) is 7.68. The van der Waals surface area contributed by atoms with Crippen LogP contribution in [0.1, 0.15) is 32.8 Å². The molecule has 5 nitrogen and oxygen atoms in total. The lowest BCUT2D eigenvalue weighted by molar-refractivity contribution is -0.120. The molecule has 0 aromatic heterocycles. The summed E-state index contributed by atoms with van der Waals surface area (Å²) in [6.07, 6.45) is 1.16. The third-order valence-electron chi connectivity index (χ3n) is 2.88. The molecular formula is C17H26N2O3. The predicted molar refractivity (Wildman–Crippen MR) is 87.7 cm³/mol. The minimum absolute atomic E-state index is 0.00358. The Bertz CT molecular complexity index is 469. The summed E-state index contributed by atoms with van der Waals surface area (Å²) in [6, 6.07) is 7.28. The third kappa shape index (κ3) is 8.42. The lowest BCUT2D eigenvalue weighted by Crippen LogP contribution is -2.27. The lowest BCUT2D eigenvalue weighted by Gasteiger charge is -2.08. The molecule has 0 bridgehead atoms. The number of amides is 2. The smallest absolute Gasteiger partial charge is 0.224 e. The summed E-state index contributed by atoms with van der Waals surface area (Å²) in [5.74, 6) is 0.427. The number of hydrogen-bond donors (Lipinski definition) is 2. The van der Waals surface area contributed by atoms with E-state index in [4.69, 9.17) is 4.74 Å². The van der Waals surface area contributed by atoms with Gasteiger partial charge in [0.2, 0.25) is 11.8 Å². The first-order valence-electron chi connectivity index (χ1n) is 7.68. The van der Waals surface area contributed by atoms with Crippen LogP contribution in [0.3, 0.4) is 0 Å². The molecule has 1 aromatic rings. The monoisotopic (exact) mass is 306 g/mol. The zero-order chi connectivity index (χ0) is 16.4. The summed E-state index contributed by atoms with van der Waals surface area (Å²) in [6.45, 7) is 7.74. The minimum atomic E-state index is -0.106. The Morgan fingerprint density at radius 1 is 1.18 bits per heavy atom. The van der Waals surface area contributed by atoms with Crippen LogP contribution in [0.4, 0.5) is 5.69 Å². The minimum Gasteiger partial charge on any atom is -0.381 e. The van der Waals surface area contributed by atoms with E-state index >= 15 is 0 Å². The fraction of sp³-hybridized carbons (Fsp3) is 0.529. The van der Waals surface area contributed by atoms with Gasteiger partial charge in [-0.1, -0.05) is 26.0 Å². The maximum atomic E-state index is 11.8. The van der Waals surface area contributed by atoms with E-state index in [1.165, 1.54) is 6.92 Å². The number of rotatable bonds is 9. The van der Waals surface area contributed by atoms with Crippen molar-refractivity contribution in [1.29, 1.82) is 0 Å². The summed E-state index contributed by atoms with van der Waals surface area (Å²) in [7, 11) is 0. The average molecular weight is 306 g/mol. The number of ether oxygens (including phenoxy) is 1. The highest BCUT2D eigenvalue weighted by Gasteiger charge is 2.03. The van der Waals surface area contributed by atoms with Gasteiger partial charge in [-0.2, -0.15) is 0 Å². The van der Waals surface area contributed by atoms with Gasteiger partial charge in [-0.25, -0.2) is 0 Å². The van der Waals surface area contributed by atoms with Gasteiger partial charge in [0.15, 0.2) is 0 Å². The molecule has 0 atom stereocenters. The molecule has 0 aliphatic carbocycles. The van der Waals surface area contributed by atoms with Crippen molar-refractivity contribution in [2.75, 3.05) is 25.1 Å². The van der Waals surface area contributed by atoms with Gasteiger partial charge >= 0.3 is 0 Å². The van der Waals surface area contributed by atoms with Crippen LogP contribution in [-0.4, -0.2) is 31.6 Å². The van der Waals surface area contributed by atoms with E-state index in [9.17, 15) is 9.59 Å². The summed E-state index contributed by atoms with van der Waals surface area (Å²) in [5, 5.41) is 5.57. The van der Waals surface area contributed by atoms with E-state index in [1.54, 1.807) is 12.1 Å². The highest BCUT2D eigenvalue weighted by molar-refractivity contribution is 5.88. The van der Waals surface area contributed by atoms with Crippen molar-refractivity contribution in [2.24, 2.45) is 5.92 Å². The largest absolute Gasteiger partial charge is 0.381 e. The first kappa shape index (κ1) is 18.2. The normalized spacial score (nSPS) is 10.5. The van der Waals surface area contributed by atoms with Crippen molar-refractivity contribution in [3.05, 3.63) is 29.8 Å². The standard InChI is InChI=1S/C17H26N2O3/c1-13(2)12-22-10-4-9-18-17(21)11-15-5-7-16(8-6-15)19-14(3)20/h5-8,13H,4,9-12H2,1-3H3,(H,18,21)(H,19,20). The van der Waals surface area contributed by atoms with Crippen LogP contribution in [0.25, 0.3) is 0 Å². The Morgan fingerprint density at radius 2 is 1.86 bits per heavy atom. The van der Waals surface area contributed by atoms with Crippen LogP contribution in [0.2, 0.25) is 0 Å². The molecule has 0 unspecified atom stereocenters. The van der Waals surface area contributed by atoms with E-state index in [0.29, 0.717) is 25.5 Å². The molecule has 0 aliphatic heterocycles. The van der Waals surface area contributed by atoms with Crippen LogP contribution in [0, 0.1) is 5.92 Å². The highest BCUT2D eigenvalue weighted by atomic mass is 16.5. The van der Waals surface area contributed by atoms with E-state index in [0.717, 1.165) is 24.3 Å². The highest BCUT2D eigenvalue weighted by Crippen LogP contribution is 2.09. The van der Waals surface area contributed by atoms with E-state index in [1.807, 2.05) is 12.1 Å². The predicted octanol–water partition coefficient (Wildman–Crippen LogP) is 2.37. The maximum absolute atomic E-state index is 11.8. The SMILES string of the molecule is CC(=O)Nc1ccc(CC(=O)NCCCOCC(C)C)cc1. The van der Waals surface area contributed by atoms with Crippen molar-refractivity contribution in [1.82, 2.24) is 5.32 Å². The molecule has 1 rings (SSSR count). The van der Waals surface area contributed by atoms with Gasteiger partial charge in [0.05, 0.1) is 6.42 Å². The number of nitrogens with one attached hydrogen (secondary N) is 2. The average Bonchev–Trinajstić information content (AvgIpc) is 2.44. The number of carbonyl (C=O) groups excluding carboxylic acids is 2. The van der Waals surface area contributed by atoms with Crippen molar-refractivity contribution in [2.45, 2.75) is 33.6 Å². The van der Waals surface area contributed by atoms with E-state index < -0.39 is 0 Å². The van der Waals surface area contributed by atoms with Crippen molar-refractivity contribution in [3.63, 3.8) is 0 Å². The summed E-state index contributed by atoms with van der Waals surface area (Å²) in [5.41, 5.74) is 1.65. The Hall–Kier alpha value is -1.88. The molecule has 5 heteroatoms. The second-order valence-corrected chi connectivity index (χ2v) is 5.73. The molecule has 0 saturated heterocycles. The van der Waals surface area contributed by atoms with Gasteiger partial charge in [0.1, 0.15) is 0 Å². The fourth-order valence-electron chi connectivity index (χ4n) is 1.88. The fourth-order valence-corrected chi connectivity index (χ4v) is 1.88. The van der Waals surface area contributed by atoms with Gasteiger partial charge < -0.3 is 15.4 Å². The Morgan fingerprint density at radius 3 is 2.45 bits per heavy atom. The first-order chi connectivity index (χ1) is 10.5. The molecule has 0 fully saturated rings. The van der Waals surface area contributed by atoms with Gasteiger partial charge in [-0.15, -0.1) is 0 Å². The topological polar surface area (TPSA) is 67.4 Å². The molecule has 0 radical (unpaired) electrons. The summed E-state index contributed by atoms with van der Waals surface area (Å²) >= 11 is 0. The van der Waals surface area contributed by atoms with E-state index in [2.05, 4.69) is 24.5 Å². The molecule has 1 aromatic carbocycles. The summed E-state index contributed by atoms with van der Waals surface area (Å²) in [4.78, 5) is 22.7. The van der Waals surface area contributed by atoms with Crippen molar-refractivity contribution >= 4 is 17.5 Å². The summed E-state index contributed by atoms with van der Waals surface area (Å²) < 4.78 is 5.45. The van der Waals surface area contributed by atoms with Crippen LogP contribution >= 0.6 is 0 Å². The molecule has 22 heavy (non-hydrogen) atoms. The van der Waals surface area contributed by atoms with Gasteiger partial charge in [-0.3, -0.25) is 9.59 Å². The van der Waals surface area contributed by atoms with Crippen molar-refractivity contribution < 1.29 is 14.3 Å². The second-order valence-electron chi connectivity index (χ2n) is 5.73. The molecule has 0 heterocycles. The maximum Gasteiger partial charge on any atom is 0.224 e. The number of anilines is 1. The van der Waals surface area contributed by atoms with Crippen LogP contribution in [0.15, 0.2) is 24.3 Å². The number of hydrogen-bond acceptors (Lipinski definition) is 3. The second kappa shape index (κ2) is 9.95. The Kier molecular flexibility index (Phi) is 8.22. The molecule has 2 N–H and O–H groups in total.